The Balaban J connectivity index is 2.23. The maximum atomic E-state index is 10.1. The van der Waals surface area contributed by atoms with E-state index in [-0.39, 0.29) is 0 Å². The van der Waals surface area contributed by atoms with Crippen LogP contribution in [0.5, 0.6) is 5.75 Å². The molecule has 0 fully saturated rings. The number of aliphatic hydroxyl groups is 1. The zero-order valence-electron chi connectivity index (χ0n) is 8.96. The fourth-order valence-corrected chi connectivity index (χ4v) is 2.04. The lowest BCUT2D eigenvalue weighted by atomic mass is 10.1. The van der Waals surface area contributed by atoms with Gasteiger partial charge < -0.3 is 9.84 Å². The van der Waals surface area contributed by atoms with Gasteiger partial charge in [0.2, 0.25) is 0 Å². The highest BCUT2D eigenvalue weighted by atomic mass is 32.1. The second-order valence-electron chi connectivity index (χ2n) is 3.32. The lowest BCUT2D eigenvalue weighted by Gasteiger charge is -2.10. The number of hydrogen-bond acceptors (Lipinski definition) is 4. The molecule has 0 aliphatic carbocycles. The van der Waals surface area contributed by atoms with Gasteiger partial charge in [0.15, 0.2) is 0 Å². The molecular weight excluding hydrogens is 222 g/mol. The molecule has 0 saturated carbocycles. The van der Waals surface area contributed by atoms with Gasteiger partial charge >= 0.3 is 0 Å². The van der Waals surface area contributed by atoms with Gasteiger partial charge in [0.1, 0.15) is 11.9 Å². The fourth-order valence-electron chi connectivity index (χ4n) is 1.47. The molecule has 4 heteroatoms. The number of benzene rings is 1. The minimum absolute atomic E-state index is 0.621. The Labute approximate surface area is 98.4 Å². The van der Waals surface area contributed by atoms with Crippen LogP contribution in [0.25, 0.3) is 0 Å². The van der Waals surface area contributed by atoms with Crippen molar-refractivity contribution >= 4 is 11.3 Å². The largest absolute Gasteiger partial charge is 0.494 e. The number of aliphatic hydroxyl groups excluding tert-OH is 1. The van der Waals surface area contributed by atoms with Crippen LogP contribution in [-0.2, 0) is 0 Å². The van der Waals surface area contributed by atoms with E-state index in [4.69, 9.17) is 4.74 Å². The number of nitrogens with zero attached hydrogens (tertiary/aromatic N) is 1. The maximum absolute atomic E-state index is 10.1. The molecule has 0 aliphatic heterocycles. The molecule has 1 N–H and O–H groups in total. The standard InChI is InChI=1S/C12H13NO2S/c1-2-15-10-5-3-4-9(6-10)12(14)11-7-16-8-13-11/h3-8,12,14H,2H2,1H3. The van der Waals surface area contributed by atoms with E-state index >= 15 is 0 Å². The summed E-state index contributed by atoms with van der Waals surface area (Å²) in [7, 11) is 0. The van der Waals surface area contributed by atoms with Crippen LogP contribution < -0.4 is 4.74 Å². The molecular formula is C12H13NO2S. The van der Waals surface area contributed by atoms with Crippen molar-refractivity contribution in [3.8, 4) is 5.75 Å². The number of aromatic nitrogens is 1. The summed E-state index contributed by atoms with van der Waals surface area (Å²) in [4.78, 5) is 4.10. The van der Waals surface area contributed by atoms with Gasteiger partial charge in [0.05, 0.1) is 17.8 Å². The Hall–Kier alpha value is -1.39. The lowest BCUT2D eigenvalue weighted by Crippen LogP contribution is -2.00. The molecule has 0 spiro atoms. The third-order valence-electron chi connectivity index (χ3n) is 2.22. The third-order valence-corrected chi connectivity index (χ3v) is 2.82. The molecule has 1 unspecified atom stereocenters. The topological polar surface area (TPSA) is 42.4 Å². The second-order valence-corrected chi connectivity index (χ2v) is 4.04. The zero-order chi connectivity index (χ0) is 11.4. The summed E-state index contributed by atoms with van der Waals surface area (Å²) in [6.45, 7) is 2.56. The minimum Gasteiger partial charge on any atom is -0.494 e. The van der Waals surface area contributed by atoms with Gasteiger partial charge in [0, 0.05) is 5.38 Å². The van der Waals surface area contributed by atoms with E-state index in [1.54, 1.807) is 5.51 Å². The fraction of sp³-hybridized carbons (Fsp3) is 0.250. The van der Waals surface area contributed by atoms with E-state index in [0.717, 1.165) is 11.3 Å². The van der Waals surface area contributed by atoms with E-state index in [9.17, 15) is 5.11 Å². The predicted octanol–water partition coefficient (Wildman–Crippen LogP) is 2.62. The molecule has 1 heterocycles. The van der Waals surface area contributed by atoms with E-state index in [0.29, 0.717) is 12.3 Å². The molecule has 0 saturated heterocycles. The Morgan fingerprint density at radius 1 is 1.50 bits per heavy atom. The van der Waals surface area contributed by atoms with Crippen LogP contribution in [0.15, 0.2) is 35.2 Å². The highest BCUT2D eigenvalue weighted by Crippen LogP contribution is 2.24. The van der Waals surface area contributed by atoms with Gasteiger partial charge in [-0.25, -0.2) is 4.98 Å². The minimum atomic E-state index is -0.674. The van der Waals surface area contributed by atoms with E-state index in [1.165, 1.54) is 11.3 Å². The van der Waals surface area contributed by atoms with Crippen molar-refractivity contribution in [2.24, 2.45) is 0 Å². The monoisotopic (exact) mass is 235 g/mol. The molecule has 1 aromatic carbocycles. The average molecular weight is 235 g/mol. The first-order valence-corrected chi connectivity index (χ1v) is 6.04. The Kier molecular flexibility index (Phi) is 3.54. The summed E-state index contributed by atoms with van der Waals surface area (Å²) < 4.78 is 5.39. The van der Waals surface area contributed by atoms with Crippen LogP contribution in [-0.4, -0.2) is 16.7 Å². The van der Waals surface area contributed by atoms with Crippen molar-refractivity contribution in [2.45, 2.75) is 13.0 Å². The molecule has 0 radical (unpaired) electrons. The number of ether oxygens (including phenoxy) is 1. The lowest BCUT2D eigenvalue weighted by molar-refractivity contribution is 0.215. The normalized spacial score (nSPS) is 12.4. The summed E-state index contributed by atoms with van der Waals surface area (Å²) in [6.07, 6.45) is -0.674. The predicted molar refractivity (Wildman–Crippen MR) is 63.8 cm³/mol. The molecule has 3 nitrogen and oxygen atoms in total. The van der Waals surface area contributed by atoms with Crippen molar-refractivity contribution in [1.29, 1.82) is 0 Å². The number of rotatable bonds is 4. The van der Waals surface area contributed by atoms with Crippen molar-refractivity contribution < 1.29 is 9.84 Å². The van der Waals surface area contributed by atoms with Crippen LogP contribution in [0.2, 0.25) is 0 Å². The van der Waals surface area contributed by atoms with Crippen LogP contribution in [0.3, 0.4) is 0 Å². The van der Waals surface area contributed by atoms with E-state index in [2.05, 4.69) is 4.98 Å². The van der Waals surface area contributed by atoms with E-state index in [1.807, 2.05) is 36.6 Å². The highest BCUT2D eigenvalue weighted by molar-refractivity contribution is 7.07. The molecule has 0 aliphatic rings. The van der Waals surface area contributed by atoms with Gasteiger partial charge in [-0.3, -0.25) is 0 Å². The SMILES string of the molecule is CCOc1cccc(C(O)c2cscn2)c1. The highest BCUT2D eigenvalue weighted by Gasteiger charge is 2.12. The van der Waals surface area contributed by atoms with Gasteiger partial charge in [-0.2, -0.15) is 0 Å². The molecule has 1 atom stereocenters. The molecule has 16 heavy (non-hydrogen) atoms. The molecule has 84 valence electrons. The summed E-state index contributed by atoms with van der Waals surface area (Å²) >= 11 is 1.47. The summed E-state index contributed by atoms with van der Waals surface area (Å²) in [5.74, 6) is 0.772. The van der Waals surface area contributed by atoms with Crippen molar-refractivity contribution in [1.82, 2.24) is 4.98 Å². The van der Waals surface area contributed by atoms with Crippen LogP contribution in [0.1, 0.15) is 24.3 Å². The number of thiazole rings is 1. The van der Waals surface area contributed by atoms with Crippen LogP contribution in [0.4, 0.5) is 0 Å². The third kappa shape index (κ3) is 2.40. The molecule has 2 aromatic rings. The Morgan fingerprint density at radius 2 is 2.38 bits per heavy atom. The van der Waals surface area contributed by atoms with Crippen LogP contribution >= 0.6 is 11.3 Å². The molecule has 0 bridgehead atoms. The van der Waals surface area contributed by atoms with Crippen molar-refractivity contribution in [2.75, 3.05) is 6.61 Å². The van der Waals surface area contributed by atoms with Crippen LogP contribution in [0, 0.1) is 0 Å². The summed E-state index contributed by atoms with van der Waals surface area (Å²) in [5, 5.41) is 11.9. The first-order chi connectivity index (χ1) is 7.81. The molecule has 0 amide bonds. The van der Waals surface area contributed by atoms with Crippen molar-refractivity contribution in [3.63, 3.8) is 0 Å². The number of hydrogen-bond donors (Lipinski definition) is 1. The first-order valence-electron chi connectivity index (χ1n) is 5.10. The van der Waals surface area contributed by atoms with Gasteiger partial charge in [-0.1, -0.05) is 12.1 Å². The quantitative estimate of drug-likeness (QED) is 0.885. The maximum Gasteiger partial charge on any atom is 0.122 e. The Bertz CT molecular complexity index is 442. The van der Waals surface area contributed by atoms with Gasteiger partial charge in [-0.15, -0.1) is 11.3 Å². The molecule has 2 rings (SSSR count). The zero-order valence-corrected chi connectivity index (χ0v) is 9.78. The smallest absolute Gasteiger partial charge is 0.122 e. The van der Waals surface area contributed by atoms with E-state index < -0.39 is 6.10 Å². The first kappa shape index (κ1) is 11.1. The van der Waals surface area contributed by atoms with Crippen molar-refractivity contribution in [3.05, 3.63) is 46.4 Å². The summed E-state index contributed by atoms with van der Waals surface area (Å²) in [6, 6.07) is 7.46. The Morgan fingerprint density at radius 3 is 3.06 bits per heavy atom. The second kappa shape index (κ2) is 5.09. The van der Waals surface area contributed by atoms with Gasteiger partial charge in [0.25, 0.3) is 0 Å². The molecule has 1 aromatic heterocycles. The summed E-state index contributed by atoms with van der Waals surface area (Å²) in [5.41, 5.74) is 3.20. The van der Waals surface area contributed by atoms with Gasteiger partial charge in [-0.05, 0) is 24.6 Å². The average Bonchev–Trinajstić information content (AvgIpc) is 2.82.